The number of rotatable bonds is 7. The number of imide groups is 1. The zero-order chi connectivity index (χ0) is 14.1. The molecule has 0 aliphatic carbocycles. The summed E-state index contributed by atoms with van der Waals surface area (Å²) in [6.45, 7) is 6.86. The minimum absolute atomic E-state index is 0.162. The van der Waals surface area contributed by atoms with Crippen LogP contribution in [0.4, 0.5) is 4.79 Å². The average Bonchev–Trinajstić information content (AvgIpc) is 2.25. The van der Waals surface area contributed by atoms with Crippen LogP contribution in [0.15, 0.2) is 12.7 Å². The number of carboxylic acid groups (broad SMARTS) is 1. The number of hydrogen-bond acceptors (Lipinski definition) is 4. The smallest absolute Gasteiger partial charge is 0.321 e. The van der Waals surface area contributed by atoms with Crippen LogP contribution in [0.5, 0.6) is 0 Å². The van der Waals surface area contributed by atoms with Gasteiger partial charge in [0.15, 0.2) is 0 Å². The van der Waals surface area contributed by atoms with Gasteiger partial charge in [-0.3, -0.25) is 20.2 Å². The molecule has 7 nitrogen and oxygen atoms in total. The first kappa shape index (κ1) is 16.1. The Morgan fingerprint density at radius 3 is 2.39 bits per heavy atom. The van der Waals surface area contributed by atoms with Gasteiger partial charge >= 0.3 is 12.0 Å². The van der Waals surface area contributed by atoms with Gasteiger partial charge in [-0.2, -0.15) is 0 Å². The Bertz CT molecular complexity index is 328. The second-order valence-corrected chi connectivity index (χ2v) is 3.99. The molecule has 0 aromatic rings. The third-order valence-corrected chi connectivity index (χ3v) is 2.08. The summed E-state index contributed by atoms with van der Waals surface area (Å²) in [5.74, 6) is -1.79. The van der Waals surface area contributed by atoms with E-state index >= 15 is 0 Å². The lowest BCUT2D eigenvalue weighted by atomic mass is 10.1. The monoisotopic (exact) mass is 257 g/mol. The first-order valence-electron chi connectivity index (χ1n) is 5.53. The molecule has 0 rings (SSSR count). The van der Waals surface area contributed by atoms with Crippen molar-refractivity contribution in [3.05, 3.63) is 12.7 Å². The first-order chi connectivity index (χ1) is 8.38. The maximum Gasteiger partial charge on any atom is 0.321 e. The molecule has 1 atom stereocenters. The molecule has 0 aliphatic heterocycles. The van der Waals surface area contributed by atoms with Crippen LogP contribution >= 0.6 is 0 Å². The third kappa shape index (κ3) is 6.64. The summed E-state index contributed by atoms with van der Waals surface area (Å²) in [6.07, 6.45) is 1.47. The second kappa shape index (κ2) is 8.24. The fourth-order valence-corrected chi connectivity index (χ4v) is 1.19. The van der Waals surface area contributed by atoms with Crippen LogP contribution in [0.1, 0.15) is 13.8 Å². The van der Waals surface area contributed by atoms with Crippen LogP contribution in [0, 0.1) is 5.92 Å². The number of carboxylic acids is 1. The normalized spacial score (nSPS) is 11.7. The van der Waals surface area contributed by atoms with Gasteiger partial charge in [-0.1, -0.05) is 19.9 Å². The number of nitrogens with one attached hydrogen (secondary N) is 3. The summed E-state index contributed by atoms with van der Waals surface area (Å²) in [4.78, 5) is 33.2. The highest BCUT2D eigenvalue weighted by molar-refractivity contribution is 5.95. The fraction of sp³-hybridized carbons (Fsp3) is 0.545. The van der Waals surface area contributed by atoms with Gasteiger partial charge in [-0.25, -0.2) is 4.79 Å². The summed E-state index contributed by atoms with van der Waals surface area (Å²) >= 11 is 0. The van der Waals surface area contributed by atoms with Gasteiger partial charge in [-0.05, 0) is 5.92 Å². The van der Waals surface area contributed by atoms with Gasteiger partial charge < -0.3 is 10.4 Å². The molecule has 0 bridgehead atoms. The van der Waals surface area contributed by atoms with Crippen molar-refractivity contribution in [2.24, 2.45) is 5.92 Å². The molecule has 0 heterocycles. The van der Waals surface area contributed by atoms with E-state index in [4.69, 9.17) is 5.11 Å². The van der Waals surface area contributed by atoms with Crippen molar-refractivity contribution in [1.82, 2.24) is 16.0 Å². The van der Waals surface area contributed by atoms with Gasteiger partial charge in [-0.15, -0.1) is 6.58 Å². The molecule has 4 N–H and O–H groups in total. The van der Waals surface area contributed by atoms with Crippen molar-refractivity contribution >= 4 is 17.9 Å². The zero-order valence-electron chi connectivity index (χ0n) is 10.5. The van der Waals surface area contributed by atoms with Gasteiger partial charge in [0.1, 0.15) is 6.04 Å². The highest BCUT2D eigenvalue weighted by Crippen LogP contribution is 2.00. The lowest BCUT2D eigenvalue weighted by Gasteiger charge is -2.17. The van der Waals surface area contributed by atoms with Crippen molar-refractivity contribution in [1.29, 1.82) is 0 Å². The van der Waals surface area contributed by atoms with Gasteiger partial charge in [0.2, 0.25) is 5.91 Å². The van der Waals surface area contributed by atoms with E-state index in [1.165, 1.54) is 6.08 Å². The number of carbonyl (C=O) groups is 3. The van der Waals surface area contributed by atoms with Gasteiger partial charge in [0, 0.05) is 6.54 Å². The largest absolute Gasteiger partial charge is 0.480 e. The lowest BCUT2D eigenvalue weighted by molar-refractivity contribution is -0.140. The highest BCUT2D eigenvalue weighted by atomic mass is 16.4. The fourth-order valence-electron chi connectivity index (χ4n) is 1.19. The topological polar surface area (TPSA) is 108 Å². The Balaban J connectivity index is 4.05. The predicted octanol–water partition coefficient (Wildman–Crippen LogP) is -0.303. The summed E-state index contributed by atoms with van der Waals surface area (Å²) in [5.41, 5.74) is 0. The van der Waals surface area contributed by atoms with E-state index in [-0.39, 0.29) is 19.0 Å². The minimum atomic E-state index is -1.03. The number of hydrogen-bond donors (Lipinski definition) is 4. The first-order valence-corrected chi connectivity index (χ1v) is 5.53. The van der Waals surface area contributed by atoms with Crippen molar-refractivity contribution < 1.29 is 19.5 Å². The summed E-state index contributed by atoms with van der Waals surface area (Å²) in [6, 6.07) is -1.47. The van der Waals surface area contributed by atoms with Crippen molar-refractivity contribution in [2.75, 3.05) is 13.1 Å². The molecule has 18 heavy (non-hydrogen) atoms. The summed E-state index contributed by atoms with van der Waals surface area (Å²) in [7, 11) is 0. The molecular formula is C11H19N3O4. The number of urea groups is 1. The number of carbonyl (C=O) groups excluding carboxylic acids is 2. The quantitative estimate of drug-likeness (QED) is 0.468. The number of amides is 3. The summed E-state index contributed by atoms with van der Waals surface area (Å²) in [5, 5.41) is 15.9. The van der Waals surface area contributed by atoms with E-state index in [2.05, 4.69) is 22.5 Å². The van der Waals surface area contributed by atoms with Crippen LogP contribution < -0.4 is 16.0 Å². The maximum absolute atomic E-state index is 11.3. The average molecular weight is 257 g/mol. The molecular weight excluding hydrogens is 238 g/mol. The lowest BCUT2D eigenvalue weighted by Crippen LogP contribution is -2.48. The van der Waals surface area contributed by atoms with Crippen molar-refractivity contribution in [3.8, 4) is 0 Å². The van der Waals surface area contributed by atoms with E-state index in [1.54, 1.807) is 13.8 Å². The molecule has 0 radical (unpaired) electrons. The molecule has 7 heteroatoms. The molecule has 0 aromatic heterocycles. The van der Waals surface area contributed by atoms with E-state index < -0.39 is 23.9 Å². The number of aliphatic carboxylic acids is 1. The van der Waals surface area contributed by atoms with E-state index in [0.29, 0.717) is 0 Å². The molecule has 0 saturated heterocycles. The predicted molar refractivity (Wildman–Crippen MR) is 66.0 cm³/mol. The molecule has 0 spiro atoms. The summed E-state index contributed by atoms with van der Waals surface area (Å²) < 4.78 is 0. The molecule has 1 unspecified atom stereocenters. The van der Waals surface area contributed by atoms with Crippen molar-refractivity contribution in [2.45, 2.75) is 19.9 Å². The second-order valence-electron chi connectivity index (χ2n) is 3.99. The van der Waals surface area contributed by atoms with Crippen LogP contribution in [-0.4, -0.2) is 42.1 Å². The third-order valence-electron chi connectivity index (χ3n) is 2.08. The van der Waals surface area contributed by atoms with E-state index in [9.17, 15) is 14.4 Å². The van der Waals surface area contributed by atoms with E-state index in [0.717, 1.165) is 0 Å². The minimum Gasteiger partial charge on any atom is -0.480 e. The molecule has 102 valence electrons. The van der Waals surface area contributed by atoms with Crippen LogP contribution in [0.25, 0.3) is 0 Å². The van der Waals surface area contributed by atoms with Crippen molar-refractivity contribution in [3.63, 3.8) is 0 Å². The molecule has 0 saturated carbocycles. The Morgan fingerprint density at radius 1 is 1.33 bits per heavy atom. The van der Waals surface area contributed by atoms with Crippen LogP contribution in [0.3, 0.4) is 0 Å². The Labute approximate surface area is 106 Å². The Morgan fingerprint density at radius 2 is 1.94 bits per heavy atom. The maximum atomic E-state index is 11.3. The SMILES string of the molecule is C=CCNC(=O)NC(=O)CNC(C(=O)O)C(C)C. The van der Waals surface area contributed by atoms with Crippen LogP contribution in [-0.2, 0) is 9.59 Å². The molecule has 3 amide bonds. The molecule has 0 aromatic carbocycles. The zero-order valence-corrected chi connectivity index (χ0v) is 10.5. The highest BCUT2D eigenvalue weighted by Gasteiger charge is 2.21. The van der Waals surface area contributed by atoms with E-state index in [1.807, 2.05) is 0 Å². The van der Waals surface area contributed by atoms with Gasteiger partial charge in [0.25, 0.3) is 0 Å². The Hall–Kier alpha value is -1.89. The van der Waals surface area contributed by atoms with Gasteiger partial charge in [0.05, 0.1) is 6.54 Å². The Kier molecular flexibility index (Phi) is 7.37. The molecule has 0 aliphatic rings. The van der Waals surface area contributed by atoms with Crippen LogP contribution in [0.2, 0.25) is 0 Å². The standard InChI is InChI=1S/C11H19N3O4/c1-4-5-12-11(18)14-8(15)6-13-9(7(2)3)10(16)17/h4,7,9,13H,1,5-6H2,2-3H3,(H,16,17)(H2,12,14,15,18). The molecule has 0 fully saturated rings.